The minimum atomic E-state index is -0.503. The van der Waals surface area contributed by atoms with Gasteiger partial charge in [0.15, 0.2) is 0 Å². The zero-order valence-electron chi connectivity index (χ0n) is 8.38. The molecule has 0 spiro atoms. The summed E-state index contributed by atoms with van der Waals surface area (Å²) in [5, 5.41) is 19.9. The second-order valence-corrected chi connectivity index (χ2v) is 3.04. The summed E-state index contributed by atoms with van der Waals surface area (Å²) >= 11 is 0. The average Bonchev–Trinajstić information content (AvgIpc) is 2.20. The fourth-order valence-corrected chi connectivity index (χ4v) is 1.05. The van der Waals surface area contributed by atoms with Crippen LogP contribution in [0.4, 0.5) is 5.69 Å². The van der Waals surface area contributed by atoms with Gasteiger partial charge in [0.05, 0.1) is 4.92 Å². The van der Waals surface area contributed by atoms with Crippen LogP contribution in [-0.4, -0.2) is 22.8 Å². The molecule has 0 saturated carbocycles. The molecule has 0 unspecified atom stereocenters. The Balaban J connectivity index is 2.95. The van der Waals surface area contributed by atoms with Crippen LogP contribution in [0.3, 0.4) is 0 Å². The molecule has 0 saturated heterocycles. The molecule has 15 heavy (non-hydrogen) atoms. The van der Waals surface area contributed by atoms with Crippen LogP contribution in [0.2, 0.25) is 0 Å². The van der Waals surface area contributed by atoms with Crippen LogP contribution in [-0.2, 0) is 0 Å². The molecule has 1 aromatic carbocycles. The molecule has 0 amide bonds. The molecule has 0 fully saturated rings. The lowest BCUT2D eigenvalue weighted by atomic mass is 10.2. The van der Waals surface area contributed by atoms with Crippen molar-refractivity contribution in [2.24, 2.45) is 4.99 Å². The number of hydrogen-bond donors (Lipinski definition) is 1. The maximum atomic E-state index is 10.5. The van der Waals surface area contributed by atoms with E-state index in [1.165, 1.54) is 24.4 Å². The Labute approximate surface area is 87.2 Å². The number of aromatic hydroxyl groups is 1. The van der Waals surface area contributed by atoms with Crippen molar-refractivity contribution in [3.8, 4) is 5.75 Å². The highest BCUT2D eigenvalue weighted by molar-refractivity contribution is 5.84. The van der Waals surface area contributed by atoms with E-state index in [2.05, 4.69) is 4.99 Å². The molecular formula is C10H12N2O3. The molecule has 0 aliphatic heterocycles. The van der Waals surface area contributed by atoms with Gasteiger partial charge in [-0.3, -0.25) is 15.1 Å². The summed E-state index contributed by atoms with van der Waals surface area (Å²) in [5.74, 6) is 0.000420. The van der Waals surface area contributed by atoms with Gasteiger partial charge >= 0.3 is 0 Å². The molecule has 0 radical (unpaired) electrons. The number of nitro groups is 1. The van der Waals surface area contributed by atoms with E-state index in [1.54, 1.807) is 0 Å². The zero-order chi connectivity index (χ0) is 11.3. The standard InChI is InChI=1S/C10H12N2O3/c1-2-5-11-7-8-6-9(12(14)15)3-4-10(8)13/h3-4,6-7,13H,2,5H2,1H3/b11-7+. The van der Waals surface area contributed by atoms with E-state index in [1.807, 2.05) is 6.92 Å². The molecule has 0 heterocycles. The molecule has 1 rings (SSSR count). The van der Waals surface area contributed by atoms with Crippen molar-refractivity contribution in [3.63, 3.8) is 0 Å². The highest BCUT2D eigenvalue weighted by Crippen LogP contribution is 2.21. The van der Waals surface area contributed by atoms with E-state index in [4.69, 9.17) is 0 Å². The number of non-ortho nitro benzene ring substituents is 1. The number of phenols is 1. The van der Waals surface area contributed by atoms with Crippen molar-refractivity contribution in [1.82, 2.24) is 0 Å². The second kappa shape index (κ2) is 5.09. The van der Waals surface area contributed by atoms with Gasteiger partial charge in [0, 0.05) is 30.5 Å². The zero-order valence-corrected chi connectivity index (χ0v) is 8.38. The monoisotopic (exact) mass is 208 g/mol. The van der Waals surface area contributed by atoms with E-state index in [9.17, 15) is 15.2 Å². The minimum absolute atomic E-state index is 0.000420. The number of aliphatic imine (C=N–C) groups is 1. The summed E-state index contributed by atoms with van der Waals surface area (Å²) in [4.78, 5) is 14.0. The maximum absolute atomic E-state index is 10.5. The fraction of sp³-hybridized carbons (Fsp3) is 0.300. The predicted octanol–water partition coefficient (Wildman–Crippen LogP) is 2.13. The summed E-state index contributed by atoms with van der Waals surface area (Å²) in [6, 6.07) is 3.85. The first kappa shape index (κ1) is 11.2. The third kappa shape index (κ3) is 3.05. The highest BCUT2D eigenvalue weighted by atomic mass is 16.6. The molecule has 0 atom stereocenters. The van der Waals surface area contributed by atoms with Gasteiger partial charge in [-0.15, -0.1) is 0 Å². The number of nitro benzene ring substituents is 1. The molecule has 0 bridgehead atoms. The normalized spacial score (nSPS) is 10.7. The van der Waals surface area contributed by atoms with Crippen molar-refractivity contribution in [2.75, 3.05) is 6.54 Å². The lowest BCUT2D eigenvalue weighted by Gasteiger charge is -1.98. The van der Waals surface area contributed by atoms with Crippen molar-refractivity contribution < 1.29 is 10.0 Å². The first-order chi connectivity index (χ1) is 7.15. The summed E-state index contributed by atoms with van der Waals surface area (Å²) in [7, 11) is 0. The fourth-order valence-electron chi connectivity index (χ4n) is 1.05. The lowest BCUT2D eigenvalue weighted by molar-refractivity contribution is -0.384. The largest absolute Gasteiger partial charge is 0.507 e. The Morgan fingerprint density at radius 2 is 2.33 bits per heavy atom. The van der Waals surface area contributed by atoms with Crippen LogP contribution in [0.1, 0.15) is 18.9 Å². The minimum Gasteiger partial charge on any atom is -0.507 e. The van der Waals surface area contributed by atoms with Crippen LogP contribution < -0.4 is 0 Å². The SMILES string of the molecule is CCC/N=C/c1cc([N+](=O)[O-])ccc1O. The van der Waals surface area contributed by atoms with Gasteiger partial charge in [-0.2, -0.15) is 0 Å². The first-order valence-electron chi connectivity index (χ1n) is 4.62. The summed E-state index contributed by atoms with van der Waals surface area (Å²) in [6.45, 7) is 2.62. The smallest absolute Gasteiger partial charge is 0.270 e. The molecule has 1 aromatic rings. The van der Waals surface area contributed by atoms with Crippen molar-refractivity contribution >= 4 is 11.9 Å². The first-order valence-corrected chi connectivity index (χ1v) is 4.62. The maximum Gasteiger partial charge on any atom is 0.270 e. The van der Waals surface area contributed by atoms with Gasteiger partial charge in [0.25, 0.3) is 5.69 Å². The Morgan fingerprint density at radius 1 is 1.60 bits per heavy atom. The van der Waals surface area contributed by atoms with Crippen LogP contribution in [0, 0.1) is 10.1 Å². The predicted molar refractivity (Wildman–Crippen MR) is 57.5 cm³/mol. The van der Waals surface area contributed by atoms with Gasteiger partial charge < -0.3 is 5.11 Å². The Kier molecular flexibility index (Phi) is 3.79. The molecule has 80 valence electrons. The van der Waals surface area contributed by atoms with E-state index >= 15 is 0 Å². The summed E-state index contributed by atoms with van der Waals surface area (Å²) < 4.78 is 0. The van der Waals surface area contributed by atoms with Gasteiger partial charge in [0.2, 0.25) is 0 Å². The number of nitrogens with zero attached hydrogens (tertiary/aromatic N) is 2. The molecule has 5 nitrogen and oxygen atoms in total. The van der Waals surface area contributed by atoms with E-state index < -0.39 is 4.92 Å². The Hall–Kier alpha value is -1.91. The third-order valence-electron chi connectivity index (χ3n) is 1.81. The average molecular weight is 208 g/mol. The Bertz CT molecular complexity index is 388. The molecule has 0 aliphatic rings. The molecule has 0 aromatic heterocycles. The third-order valence-corrected chi connectivity index (χ3v) is 1.81. The quantitative estimate of drug-likeness (QED) is 0.467. The van der Waals surface area contributed by atoms with Gasteiger partial charge in [-0.1, -0.05) is 6.92 Å². The Morgan fingerprint density at radius 3 is 2.93 bits per heavy atom. The number of hydrogen-bond acceptors (Lipinski definition) is 4. The van der Waals surface area contributed by atoms with E-state index in [0.717, 1.165) is 6.42 Å². The van der Waals surface area contributed by atoms with Gasteiger partial charge in [-0.25, -0.2) is 0 Å². The van der Waals surface area contributed by atoms with Crippen LogP contribution in [0.25, 0.3) is 0 Å². The highest BCUT2D eigenvalue weighted by Gasteiger charge is 2.08. The van der Waals surface area contributed by atoms with Crippen molar-refractivity contribution in [3.05, 3.63) is 33.9 Å². The van der Waals surface area contributed by atoms with Gasteiger partial charge in [0.1, 0.15) is 5.75 Å². The molecule has 1 N–H and O–H groups in total. The number of rotatable bonds is 4. The summed E-state index contributed by atoms with van der Waals surface area (Å²) in [6.07, 6.45) is 2.35. The van der Waals surface area contributed by atoms with Crippen molar-refractivity contribution in [2.45, 2.75) is 13.3 Å². The van der Waals surface area contributed by atoms with Gasteiger partial charge in [-0.05, 0) is 12.5 Å². The molecule has 0 aliphatic carbocycles. The lowest BCUT2D eigenvalue weighted by Crippen LogP contribution is -1.91. The summed E-state index contributed by atoms with van der Waals surface area (Å²) in [5.41, 5.74) is 0.323. The molecular weight excluding hydrogens is 196 g/mol. The second-order valence-electron chi connectivity index (χ2n) is 3.04. The van der Waals surface area contributed by atoms with Crippen LogP contribution >= 0.6 is 0 Å². The van der Waals surface area contributed by atoms with Crippen LogP contribution in [0.5, 0.6) is 5.75 Å². The number of phenolic OH excluding ortho intramolecular Hbond substituents is 1. The van der Waals surface area contributed by atoms with E-state index in [-0.39, 0.29) is 11.4 Å². The molecule has 5 heteroatoms. The number of benzene rings is 1. The van der Waals surface area contributed by atoms with Crippen LogP contribution in [0.15, 0.2) is 23.2 Å². The topological polar surface area (TPSA) is 75.7 Å². The van der Waals surface area contributed by atoms with E-state index in [0.29, 0.717) is 12.1 Å². The van der Waals surface area contributed by atoms with Crippen molar-refractivity contribution in [1.29, 1.82) is 0 Å².